The highest BCUT2D eigenvalue weighted by Crippen LogP contribution is 2.50. The number of amides is 1. The van der Waals surface area contributed by atoms with Crippen LogP contribution in [0.25, 0.3) is 0 Å². The standard InChI is InChI=1S/C17H23FN2O/c1-19-11-13-5-4-10-20(12-13)16(21)17(8-9-17)14-6-2-3-7-15(14)18/h2-3,6-7,13,19H,4-5,8-12H2,1H3/t13-/m1/s1. The summed E-state index contributed by atoms with van der Waals surface area (Å²) in [7, 11) is 1.95. The minimum atomic E-state index is -0.577. The molecular weight excluding hydrogens is 267 g/mol. The number of piperidine rings is 1. The molecule has 3 rings (SSSR count). The van der Waals surface area contributed by atoms with Crippen LogP contribution in [-0.4, -0.2) is 37.5 Å². The van der Waals surface area contributed by atoms with Crippen LogP contribution in [0.1, 0.15) is 31.2 Å². The Morgan fingerprint density at radius 2 is 2.19 bits per heavy atom. The van der Waals surface area contributed by atoms with Gasteiger partial charge in [0.1, 0.15) is 5.82 Å². The molecule has 0 radical (unpaired) electrons. The lowest BCUT2D eigenvalue weighted by atomic mass is 9.91. The first kappa shape index (κ1) is 14.5. The van der Waals surface area contributed by atoms with Gasteiger partial charge in [0, 0.05) is 18.7 Å². The second kappa shape index (κ2) is 5.76. The van der Waals surface area contributed by atoms with E-state index in [9.17, 15) is 9.18 Å². The fourth-order valence-electron chi connectivity index (χ4n) is 3.58. The summed E-state index contributed by atoms with van der Waals surface area (Å²) >= 11 is 0. The van der Waals surface area contributed by atoms with Crippen molar-refractivity contribution in [3.63, 3.8) is 0 Å². The van der Waals surface area contributed by atoms with Crippen LogP contribution in [0, 0.1) is 11.7 Å². The molecule has 114 valence electrons. The van der Waals surface area contributed by atoms with Crippen molar-refractivity contribution in [2.75, 3.05) is 26.7 Å². The van der Waals surface area contributed by atoms with E-state index >= 15 is 0 Å². The van der Waals surface area contributed by atoms with Crippen molar-refractivity contribution in [3.05, 3.63) is 35.6 Å². The normalized spacial score (nSPS) is 23.9. The van der Waals surface area contributed by atoms with Gasteiger partial charge in [-0.2, -0.15) is 0 Å². The quantitative estimate of drug-likeness (QED) is 0.923. The lowest BCUT2D eigenvalue weighted by Crippen LogP contribution is -2.46. The molecule has 21 heavy (non-hydrogen) atoms. The van der Waals surface area contributed by atoms with Gasteiger partial charge in [-0.15, -0.1) is 0 Å². The number of hydrogen-bond donors (Lipinski definition) is 1. The monoisotopic (exact) mass is 290 g/mol. The molecule has 2 fully saturated rings. The summed E-state index contributed by atoms with van der Waals surface area (Å²) in [4.78, 5) is 14.9. The summed E-state index contributed by atoms with van der Waals surface area (Å²) in [6.07, 6.45) is 3.77. The SMILES string of the molecule is CNC[C@H]1CCCN(C(=O)C2(c3ccccc3F)CC2)C1. The van der Waals surface area contributed by atoms with Gasteiger partial charge >= 0.3 is 0 Å². The molecule has 0 unspecified atom stereocenters. The fourth-order valence-corrected chi connectivity index (χ4v) is 3.58. The van der Waals surface area contributed by atoms with Gasteiger partial charge in [-0.3, -0.25) is 4.79 Å². The number of benzene rings is 1. The van der Waals surface area contributed by atoms with Crippen LogP contribution in [0.15, 0.2) is 24.3 Å². The highest BCUT2D eigenvalue weighted by molar-refractivity contribution is 5.91. The Labute approximate surface area is 125 Å². The van der Waals surface area contributed by atoms with Gasteiger partial charge in [-0.05, 0) is 51.3 Å². The molecule has 1 atom stereocenters. The lowest BCUT2D eigenvalue weighted by Gasteiger charge is -2.35. The molecule has 1 aliphatic heterocycles. The van der Waals surface area contributed by atoms with Crippen LogP contribution in [0.3, 0.4) is 0 Å². The van der Waals surface area contributed by atoms with Gasteiger partial charge in [0.05, 0.1) is 5.41 Å². The molecule has 1 aromatic carbocycles. The van der Waals surface area contributed by atoms with E-state index in [1.807, 2.05) is 18.0 Å². The third-order valence-electron chi connectivity index (χ3n) is 4.85. The molecule has 1 aliphatic carbocycles. The average molecular weight is 290 g/mol. The highest BCUT2D eigenvalue weighted by Gasteiger charge is 2.54. The Hall–Kier alpha value is -1.42. The fraction of sp³-hybridized carbons (Fsp3) is 0.588. The van der Waals surface area contributed by atoms with E-state index in [2.05, 4.69) is 5.32 Å². The van der Waals surface area contributed by atoms with Crippen molar-refractivity contribution in [2.24, 2.45) is 5.92 Å². The number of nitrogens with one attached hydrogen (secondary N) is 1. The third-order valence-corrected chi connectivity index (χ3v) is 4.85. The maximum absolute atomic E-state index is 14.1. The summed E-state index contributed by atoms with van der Waals surface area (Å²) in [6, 6.07) is 6.74. The Morgan fingerprint density at radius 3 is 2.86 bits per heavy atom. The van der Waals surface area contributed by atoms with E-state index in [4.69, 9.17) is 0 Å². The first-order valence-corrected chi connectivity index (χ1v) is 7.86. The lowest BCUT2D eigenvalue weighted by molar-refractivity contribution is -0.135. The number of carbonyl (C=O) groups is 1. The molecule has 3 nitrogen and oxygen atoms in total. The molecule has 4 heteroatoms. The zero-order valence-corrected chi connectivity index (χ0v) is 12.6. The smallest absolute Gasteiger partial charge is 0.233 e. The average Bonchev–Trinajstić information content (AvgIpc) is 3.29. The predicted molar refractivity (Wildman–Crippen MR) is 80.5 cm³/mol. The largest absolute Gasteiger partial charge is 0.342 e. The number of halogens is 1. The maximum atomic E-state index is 14.1. The highest BCUT2D eigenvalue weighted by atomic mass is 19.1. The van der Waals surface area contributed by atoms with Gasteiger partial charge < -0.3 is 10.2 Å². The number of hydrogen-bond acceptors (Lipinski definition) is 2. The molecule has 0 bridgehead atoms. The number of rotatable bonds is 4. The zero-order valence-electron chi connectivity index (χ0n) is 12.6. The van der Waals surface area contributed by atoms with Crippen molar-refractivity contribution in [1.82, 2.24) is 10.2 Å². The van der Waals surface area contributed by atoms with Crippen LogP contribution >= 0.6 is 0 Å². The molecular formula is C17H23FN2O. The van der Waals surface area contributed by atoms with Crippen LogP contribution in [-0.2, 0) is 10.2 Å². The molecule has 1 saturated carbocycles. The van der Waals surface area contributed by atoms with E-state index < -0.39 is 5.41 Å². The van der Waals surface area contributed by atoms with E-state index in [0.717, 1.165) is 45.3 Å². The number of likely N-dealkylation sites (tertiary alicyclic amines) is 1. The van der Waals surface area contributed by atoms with E-state index in [0.29, 0.717) is 11.5 Å². The van der Waals surface area contributed by atoms with E-state index in [1.165, 1.54) is 6.07 Å². The topological polar surface area (TPSA) is 32.3 Å². The van der Waals surface area contributed by atoms with Crippen molar-refractivity contribution in [1.29, 1.82) is 0 Å². The summed E-state index contributed by atoms with van der Waals surface area (Å²) in [5, 5.41) is 3.19. The minimum absolute atomic E-state index is 0.133. The molecule has 1 heterocycles. The van der Waals surface area contributed by atoms with Crippen LogP contribution in [0.5, 0.6) is 0 Å². The zero-order chi connectivity index (χ0) is 14.9. The summed E-state index contributed by atoms with van der Waals surface area (Å²) in [5.74, 6) is 0.407. The molecule has 1 saturated heterocycles. The van der Waals surface area contributed by atoms with Crippen LogP contribution < -0.4 is 5.32 Å². The van der Waals surface area contributed by atoms with E-state index in [-0.39, 0.29) is 11.7 Å². The Balaban J connectivity index is 1.77. The van der Waals surface area contributed by atoms with E-state index in [1.54, 1.807) is 12.1 Å². The van der Waals surface area contributed by atoms with Crippen LogP contribution in [0.4, 0.5) is 4.39 Å². The molecule has 0 spiro atoms. The molecule has 0 aromatic heterocycles. The Morgan fingerprint density at radius 1 is 1.43 bits per heavy atom. The molecule has 1 amide bonds. The minimum Gasteiger partial charge on any atom is -0.342 e. The maximum Gasteiger partial charge on any atom is 0.233 e. The van der Waals surface area contributed by atoms with Gasteiger partial charge in [0.15, 0.2) is 0 Å². The van der Waals surface area contributed by atoms with Gasteiger partial charge in [0.2, 0.25) is 5.91 Å². The Bertz CT molecular complexity index is 525. The van der Waals surface area contributed by atoms with Crippen LogP contribution in [0.2, 0.25) is 0 Å². The van der Waals surface area contributed by atoms with Crippen molar-refractivity contribution < 1.29 is 9.18 Å². The number of carbonyl (C=O) groups excluding carboxylic acids is 1. The Kier molecular flexibility index (Phi) is 3.98. The predicted octanol–water partition coefficient (Wildman–Crippen LogP) is 2.32. The van der Waals surface area contributed by atoms with Gasteiger partial charge in [-0.1, -0.05) is 18.2 Å². The molecule has 1 aromatic rings. The van der Waals surface area contributed by atoms with Crippen molar-refractivity contribution >= 4 is 5.91 Å². The molecule has 2 aliphatic rings. The van der Waals surface area contributed by atoms with Gasteiger partial charge in [0.25, 0.3) is 0 Å². The van der Waals surface area contributed by atoms with Crippen molar-refractivity contribution in [2.45, 2.75) is 31.1 Å². The van der Waals surface area contributed by atoms with Crippen molar-refractivity contribution in [3.8, 4) is 0 Å². The number of nitrogens with zero attached hydrogens (tertiary/aromatic N) is 1. The first-order chi connectivity index (χ1) is 10.2. The summed E-state index contributed by atoms with van der Waals surface area (Å²) < 4.78 is 14.1. The van der Waals surface area contributed by atoms with Gasteiger partial charge in [-0.25, -0.2) is 4.39 Å². The summed E-state index contributed by atoms with van der Waals surface area (Å²) in [6.45, 7) is 2.56. The second-order valence-electron chi connectivity index (χ2n) is 6.38. The molecule has 1 N–H and O–H groups in total. The second-order valence-corrected chi connectivity index (χ2v) is 6.38. The summed E-state index contributed by atoms with van der Waals surface area (Å²) in [5.41, 5.74) is 0.0121. The third kappa shape index (κ3) is 2.69. The first-order valence-electron chi connectivity index (χ1n) is 7.86.